The fourth-order valence-corrected chi connectivity index (χ4v) is 3.60. The second-order valence-electron chi connectivity index (χ2n) is 8.02. The molecule has 2 rings (SSSR count). The topological polar surface area (TPSA) is 37.4 Å². The van der Waals surface area contributed by atoms with Crippen LogP contribution in [0.25, 0.3) is 0 Å². The second kappa shape index (κ2) is 7.95. The number of benzene rings is 1. The van der Waals surface area contributed by atoms with Gasteiger partial charge in [0.2, 0.25) is 5.91 Å². The molecule has 0 aromatic heterocycles. The minimum absolute atomic E-state index is 0.230. The normalized spacial score (nSPS) is 20.6. The predicted octanol–water partition coefficient (Wildman–Crippen LogP) is 5.89. The molecule has 0 saturated heterocycles. The summed E-state index contributed by atoms with van der Waals surface area (Å²) in [7, 11) is 0. The molecule has 0 N–H and O–H groups in total. The number of hydrogen-bond acceptors (Lipinski definition) is 2. The van der Waals surface area contributed by atoms with Gasteiger partial charge in [-0.25, -0.2) is 0 Å². The van der Waals surface area contributed by atoms with E-state index < -0.39 is 53.2 Å². The highest BCUT2D eigenvalue weighted by molar-refractivity contribution is 6.13. The van der Waals surface area contributed by atoms with E-state index in [2.05, 4.69) is 0 Å². The Morgan fingerprint density at radius 2 is 1.50 bits per heavy atom. The molecule has 1 aliphatic rings. The zero-order valence-corrected chi connectivity index (χ0v) is 17.2. The van der Waals surface area contributed by atoms with Crippen LogP contribution < -0.4 is 0 Å². The Kier molecular flexibility index (Phi) is 6.45. The quantitative estimate of drug-likeness (QED) is 0.363. The highest BCUT2D eigenvalue weighted by Crippen LogP contribution is 2.56. The number of carbonyl (C=O) groups is 2. The maximum Gasteiger partial charge on any atom is 0.460 e. The molecular weight excluding hydrogens is 457 g/mol. The van der Waals surface area contributed by atoms with Crippen molar-refractivity contribution in [3.05, 3.63) is 34.9 Å². The minimum Gasteiger partial charge on any atom is -0.278 e. The highest BCUT2D eigenvalue weighted by atomic mass is 19.4. The summed E-state index contributed by atoms with van der Waals surface area (Å²) in [5.41, 5.74) is -3.08. The van der Waals surface area contributed by atoms with E-state index in [0.717, 1.165) is 19.1 Å². The van der Waals surface area contributed by atoms with E-state index in [1.807, 2.05) is 0 Å². The molecule has 32 heavy (non-hydrogen) atoms. The van der Waals surface area contributed by atoms with Gasteiger partial charge in [0.1, 0.15) is 0 Å². The first-order valence-corrected chi connectivity index (χ1v) is 9.52. The second-order valence-corrected chi connectivity index (χ2v) is 8.02. The Balaban J connectivity index is 2.66. The number of nitrogens with zero attached hydrogens (tertiary/aromatic N) is 1. The Morgan fingerprint density at radius 1 is 0.938 bits per heavy atom. The average Bonchev–Trinajstić information content (AvgIpc) is 2.65. The van der Waals surface area contributed by atoms with Crippen LogP contribution in [0.3, 0.4) is 0 Å². The van der Waals surface area contributed by atoms with Crippen molar-refractivity contribution in [2.45, 2.75) is 69.4 Å². The molecule has 1 atom stereocenters. The highest BCUT2D eigenvalue weighted by Gasteiger charge is 2.82. The molecule has 0 radical (unpaired) electrons. The molecule has 1 heterocycles. The van der Waals surface area contributed by atoms with E-state index in [9.17, 15) is 49.1 Å². The van der Waals surface area contributed by atoms with Crippen molar-refractivity contribution >= 4 is 11.8 Å². The third kappa shape index (κ3) is 3.85. The average molecular weight is 477 g/mol. The Bertz CT molecular complexity index is 911. The predicted molar refractivity (Wildman–Crippen MR) is 95.0 cm³/mol. The summed E-state index contributed by atoms with van der Waals surface area (Å²) in [4.78, 5) is 26.2. The molecule has 1 aromatic carbocycles. The van der Waals surface area contributed by atoms with Crippen molar-refractivity contribution in [3.8, 4) is 0 Å². The van der Waals surface area contributed by atoms with Gasteiger partial charge in [-0.1, -0.05) is 31.0 Å². The number of unbranched alkanes of at least 4 members (excludes halogenated alkanes) is 1. The van der Waals surface area contributed by atoms with E-state index >= 15 is 0 Å². The molecular formula is C20H20F9NO2. The van der Waals surface area contributed by atoms with Crippen LogP contribution in [0.5, 0.6) is 0 Å². The standard InChI is InChI=1S/C20H20F9NO2/c1-4-5-8-30-14(31)12-7-6-11(2)9-13(12)16(3,15(30)32)10-17(21,22)18(23,24)19(25,26)20(27,28)29/h6-7,9H,4-5,8,10H2,1-3H3. The van der Waals surface area contributed by atoms with Crippen molar-refractivity contribution in [1.29, 1.82) is 0 Å². The first-order valence-electron chi connectivity index (χ1n) is 9.52. The first kappa shape index (κ1) is 26.0. The van der Waals surface area contributed by atoms with Gasteiger partial charge in [0, 0.05) is 18.5 Å². The van der Waals surface area contributed by atoms with E-state index in [-0.39, 0.29) is 18.5 Å². The molecule has 0 spiro atoms. The summed E-state index contributed by atoms with van der Waals surface area (Å²) < 4.78 is 121. The van der Waals surface area contributed by atoms with Crippen molar-refractivity contribution in [1.82, 2.24) is 4.90 Å². The molecule has 2 amide bonds. The molecule has 1 unspecified atom stereocenters. The fourth-order valence-electron chi connectivity index (χ4n) is 3.60. The summed E-state index contributed by atoms with van der Waals surface area (Å²) in [6, 6.07) is 3.63. The smallest absolute Gasteiger partial charge is 0.278 e. The van der Waals surface area contributed by atoms with Crippen molar-refractivity contribution in [2.75, 3.05) is 6.54 Å². The lowest BCUT2D eigenvalue weighted by molar-refractivity contribution is -0.397. The molecule has 0 saturated carbocycles. The maximum absolute atomic E-state index is 14.5. The fraction of sp³-hybridized carbons (Fsp3) is 0.600. The number of alkyl halides is 9. The summed E-state index contributed by atoms with van der Waals surface area (Å²) in [5.74, 6) is -22.2. The zero-order chi connectivity index (χ0) is 24.9. The van der Waals surface area contributed by atoms with Crippen LogP contribution in [0, 0.1) is 6.92 Å². The molecule has 3 nitrogen and oxygen atoms in total. The number of hydrogen-bond donors (Lipinski definition) is 0. The largest absolute Gasteiger partial charge is 0.460 e. The van der Waals surface area contributed by atoms with Gasteiger partial charge in [-0.05, 0) is 31.9 Å². The lowest BCUT2D eigenvalue weighted by atomic mass is 9.70. The van der Waals surface area contributed by atoms with Gasteiger partial charge in [0.15, 0.2) is 0 Å². The van der Waals surface area contributed by atoms with Gasteiger partial charge in [-0.3, -0.25) is 14.5 Å². The van der Waals surface area contributed by atoms with Crippen LogP contribution in [0.2, 0.25) is 0 Å². The summed E-state index contributed by atoms with van der Waals surface area (Å²) in [5, 5.41) is 0. The van der Waals surface area contributed by atoms with Gasteiger partial charge < -0.3 is 0 Å². The number of rotatable bonds is 7. The maximum atomic E-state index is 14.5. The SMILES string of the molecule is CCCCN1C(=O)c2ccc(C)cc2C(C)(CC(F)(F)C(F)(F)C(F)(F)C(F)(F)F)C1=O. The van der Waals surface area contributed by atoms with Crippen molar-refractivity contribution in [2.24, 2.45) is 0 Å². The van der Waals surface area contributed by atoms with Gasteiger partial charge in [-0.15, -0.1) is 0 Å². The van der Waals surface area contributed by atoms with Gasteiger partial charge in [-0.2, -0.15) is 39.5 Å². The van der Waals surface area contributed by atoms with E-state index in [1.165, 1.54) is 13.0 Å². The summed E-state index contributed by atoms with van der Waals surface area (Å²) in [6.07, 6.45) is -8.65. The van der Waals surface area contributed by atoms with Crippen molar-refractivity contribution < 1.29 is 49.1 Å². The third-order valence-electron chi connectivity index (χ3n) is 5.48. The molecule has 1 aliphatic heterocycles. The Labute approximate surface area is 177 Å². The van der Waals surface area contributed by atoms with Gasteiger partial charge >= 0.3 is 23.9 Å². The van der Waals surface area contributed by atoms with E-state index in [0.29, 0.717) is 16.9 Å². The molecule has 0 bridgehead atoms. The third-order valence-corrected chi connectivity index (χ3v) is 5.48. The van der Waals surface area contributed by atoms with E-state index in [1.54, 1.807) is 6.92 Å². The first-order chi connectivity index (χ1) is 14.3. The number of fused-ring (bicyclic) bond motifs is 1. The van der Waals surface area contributed by atoms with Crippen LogP contribution in [0.4, 0.5) is 39.5 Å². The van der Waals surface area contributed by atoms with Gasteiger partial charge in [0.25, 0.3) is 5.91 Å². The number of amides is 2. The number of aryl methyl sites for hydroxylation is 1. The summed E-state index contributed by atoms with van der Waals surface area (Å²) in [6.45, 7) is 3.58. The number of imide groups is 1. The van der Waals surface area contributed by atoms with Crippen LogP contribution in [-0.2, 0) is 10.2 Å². The Morgan fingerprint density at radius 3 is 2.00 bits per heavy atom. The van der Waals surface area contributed by atoms with Crippen LogP contribution >= 0.6 is 0 Å². The molecule has 12 heteroatoms. The van der Waals surface area contributed by atoms with Crippen LogP contribution in [0.1, 0.15) is 54.6 Å². The monoisotopic (exact) mass is 477 g/mol. The number of carbonyl (C=O) groups excluding carboxylic acids is 2. The Hall–Kier alpha value is -2.27. The molecule has 180 valence electrons. The lowest BCUT2D eigenvalue weighted by Crippen LogP contribution is -2.64. The number of halogens is 9. The molecule has 0 aliphatic carbocycles. The van der Waals surface area contributed by atoms with E-state index in [4.69, 9.17) is 0 Å². The zero-order valence-electron chi connectivity index (χ0n) is 17.2. The molecule has 0 fully saturated rings. The van der Waals surface area contributed by atoms with Gasteiger partial charge in [0.05, 0.1) is 5.41 Å². The van der Waals surface area contributed by atoms with Crippen LogP contribution in [-0.4, -0.2) is 47.2 Å². The molecule has 1 aromatic rings. The summed E-state index contributed by atoms with van der Waals surface area (Å²) >= 11 is 0. The van der Waals surface area contributed by atoms with Crippen molar-refractivity contribution in [3.63, 3.8) is 0 Å². The van der Waals surface area contributed by atoms with Crippen LogP contribution in [0.15, 0.2) is 18.2 Å². The lowest BCUT2D eigenvalue weighted by Gasteiger charge is -2.43. The minimum atomic E-state index is -7.06.